The van der Waals surface area contributed by atoms with Gasteiger partial charge in [-0.1, -0.05) is 6.42 Å². The number of nitrogens with zero attached hydrogens (tertiary/aromatic N) is 1. The number of rotatable bonds is 1. The van der Waals surface area contributed by atoms with Crippen LogP contribution in [0.15, 0.2) is 0 Å². The zero-order valence-corrected chi connectivity index (χ0v) is 9.98. The molecule has 2 saturated heterocycles. The first-order chi connectivity index (χ1) is 7.86. The molecule has 0 aromatic heterocycles. The smallest absolute Gasteiger partial charge is 0.0739 e. The first-order valence-electron chi connectivity index (χ1n) is 6.88. The second-order valence-electron chi connectivity index (χ2n) is 5.64. The van der Waals surface area contributed by atoms with Gasteiger partial charge in [0.15, 0.2) is 0 Å². The summed E-state index contributed by atoms with van der Waals surface area (Å²) in [6, 6.07) is 1.02. The third kappa shape index (κ3) is 1.89. The summed E-state index contributed by atoms with van der Waals surface area (Å²) in [6.45, 7) is 2.65. The molecule has 3 heteroatoms. The Labute approximate surface area is 97.8 Å². The maximum absolute atomic E-state index is 10.1. The van der Waals surface area contributed by atoms with Crippen LogP contribution >= 0.6 is 0 Å². The standard InChI is InChI=1S/C13H23NO2/c15-13-6-8-16-9-12(13)14-7-2-4-10-3-1-5-11(10)14/h10-13,15H,1-9H2. The van der Waals surface area contributed by atoms with Crippen LogP contribution in [0.1, 0.15) is 38.5 Å². The molecular weight excluding hydrogens is 202 g/mol. The number of hydrogen-bond donors (Lipinski definition) is 1. The summed E-state index contributed by atoms with van der Waals surface area (Å²) >= 11 is 0. The van der Waals surface area contributed by atoms with Crippen molar-refractivity contribution in [2.45, 2.75) is 56.7 Å². The zero-order valence-electron chi connectivity index (χ0n) is 9.98. The number of fused-ring (bicyclic) bond motifs is 1. The number of aliphatic hydroxyl groups excluding tert-OH is 1. The molecule has 3 aliphatic rings. The number of aliphatic hydroxyl groups is 1. The van der Waals surface area contributed by atoms with Crippen molar-refractivity contribution in [3.8, 4) is 0 Å². The predicted molar refractivity (Wildman–Crippen MR) is 62.3 cm³/mol. The lowest BCUT2D eigenvalue weighted by Gasteiger charge is -2.45. The van der Waals surface area contributed by atoms with E-state index in [1.807, 2.05) is 0 Å². The topological polar surface area (TPSA) is 32.7 Å². The Balaban J connectivity index is 1.71. The van der Waals surface area contributed by atoms with Crippen LogP contribution in [0, 0.1) is 5.92 Å². The lowest BCUT2D eigenvalue weighted by Crippen LogP contribution is -2.56. The maximum Gasteiger partial charge on any atom is 0.0739 e. The van der Waals surface area contributed by atoms with Crippen LogP contribution in [-0.4, -0.2) is 48.0 Å². The molecule has 1 N–H and O–H groups in total. The van der Waals surface area contributed by atoms with Gasteiger partial charge in [0.05, 0.1) is 18.8 Å². The van der Waals surface area contributed by atoms with Gasteiger partial charge < -0.3 is 9.84 Å². The predicted octanol–water partition coefficient (Wildman–Crippen LogP) is 1.40. The molecule has 16 heavy (non-hydrogen) atoms. The van der Waals surface area contributed by atoms with E-state index in [1.54, 1.807) is 0 Å². The highest BCUT2D eigenvalue weighted by atomic mass is 16.5. The molecule has 1 saturated carbocycles. The molecule has 0 radical (unpaired) electrons. The summed E-state index contributed by atoms with van der Waals surface area (Å²) < 4.78 is 5.55. The van der Waals surface area contributed by atoms with Crippen molar-refractivity contribution >= 4 is 0 Å². The molecule has 0 spiro atoms. The third-order valence-corrected chi connectivity index (χ3v) is 4.75. The van der Waals surface area contributed by atoms with E-state index in [0.29, 0.717) is 0 Å². The van der Waals surface area contributed by atoms with E-state index in [9.17, 15) is 5.11 Å². The van der Waals surface area contributed by atoms with Crippen LogP contribution in [0.3, 0.4) is 0 Å². The third-order valence-electron chi connectivity index (χ3n) is 4.75. The summed E-state index contributed by atoms with van der Waals surface area (Å²) in [4.78, 5) is 2.57. The molecule has 2 heterocycles. The maximum atomic E-state index is 10.1. The summed E-state index contributed by atoms with van der Waals surface area (Å²) in [5.74, 6) is 0.905. The lowest BCUT2D eigenvalue weighted by atomic mass is 9.89. The Hall–Kier alpha value is -0.120. The summed E-state index contributed by atoms with van der Waals surface area (Å²) in [5, 5.41) is 10.1. The van der Waals surface area contributed by atoms with Crippen molar-refractivity contribution in [3.05, 3.63) is 0 Å². The molecule has 1 aliphatic carbocycles. The zero-order chi connectivity index (χ0) is 11.0. The first kappa shape index (κ1) is 11.0. The Morgan fingerprint density at radius 2 is 1.88 bits per heavy atom. The molecule has 4 atom stereocenters. The monoisotopic (exact) mass is 225 g/mol. The SMILES string of the molecule is OC1CCOCC1N1CCCC2CCCC21. The minimum atomic E-state index is -0.159. The van der Waals surface area contributed by atoms with Crippen LogP contribution in [-0.2, 0) is 4.74 Å². The van der Waals surface area contributed by atoms with E-state index in [2.05, 4.69) is 4.90 Å². The van der Waals surface area contributed by atoms with Crippen molar-refractivity contribution in [2.24, 2.45) is 5.92 Å². The van der Waals surface area contributed by atoms with E-state index in [1.165, 1.54) is 38.6 Å². The number of ether oxygens (including phenoxy) is 1. The second-order valence-corrected chi connectivity index (χ2v) is 5.64. The van der Waals surface area contributed by atoms with Gasteiger partial charge in [0.1, 0.15) is 0 Å². The van der Waals surface area contributed by atoms with Gasteiger partial charge in [-0.3, -0.25) is 4.90 Å². The molecule has 0 aromatic rings. The number of hydrogen-bond acceptors (Lipinski definition) is 3. The normalized spacial score (nSPS) is 45.6. The quantitative estimate of drug-likeness (QED) is 0.732. The van der Waals surface area contributed by atoms with E-state index in [0.717, 1.165) is 31.6 Å². The molecule has 4 unspecified atom stereocenters. The van der Waals surface area contributed by atoms with Crippen molar-refractivity contribution < 1.29 is 9.84 Å². The van der Waals surface area contributed by atoms with Crippen molar-refractivity contribution in [1.82, 2.24) is 4.90 Å². The molecule has 3 rings (SSSR count). The highest BCUT2D eigenvalue weighted by Gasteiger charge is 2.40. The van der Waals surface area contributed by atoms with E-state index >= 15 is 0 Å². The fourth-order valence-electron chi connectivity index (χ4n) is 3.93. The van der Waals surface area contributed by atoms with Gasteiger partial charge in [0.25, 0.3) is 0 Å². The fourth-order valence-corrected chi connectivity index (χ4v) is 3.93. The number of piperidine rings is 1. The Bertz CT molecular complexity index is 246. The average Bonchev–Trinajstić information content (AvgIpc) is 2.77. The average molecular weight is 225 g/mol. The van der Waals surface area contributed by atoms with Gasteiger partial charge in [-0.05, 0) is 44.6 Å². The number of likely N-dealkylation sites (tertiary alicyclic amines) is 1. The Morgan fingerprint density at radius 3 is 2.75 bits per heavy atom. The molecule has 0 bridgehead atoms. The van der Waals surface area contributed by atoms with Crippen molar-refractivity contribution in [3.63, 3.8) is 0 Å². The van der Waals surface area contributed by atoms with Crippen LogP contribution in [0.5, 0.6) is 0 Å². The fraction of sp³-hybridized carbons (Fsp3) is 1.00. The van der Waals surface area contributed by atoms with Crippen molar-refractivity contribution in [2.75, 3.05) is 19.8 Å². The van der Waals surface area contributed by atoms with Gasteiger partial charge >= 0.3 is 0 Å². The molecule has 3 nitrogen and oxygen atoms in total. The highest BCUT2D eigenvalue weighted by molar-refractivity contribution is 4.94. The molecule has 3 fully saturated rings. The molecule has 2 aliphatic heterocycles. The highest BCUT2D eigenvalue weighted by Crippen LogP contribution is 2.38. The minimum absolute atomic E-state index is 0.159. The summed E-state index contributed by atoms with van der Waals surface area (Å²) in [6.07, 6.45) is 7.51. The molecule has 0 aromatic carbocycles. The van der Waals surface area contributed by atoms with Crippen LogP contribution in [0.25, 0.3) is 0 Å². The Kier molecular flexibility index (Phi) is 3.18. The molecule has 0 amide bonds. The van der Waals surface area contributed by atoms with E-state index in [4.69, 9.17) is 4.74 Å². The van der Waals surface area contributed by atoms with Crippen molar-refractivity contribution in [1.29, 1.82) is 0 Å². The Morgan fingerprint density at radius 1 is 1.00 bits per heavy atom. The summed E-state index contributed by atoms with van der Waals surface area (Å²) in [5.41, 5.74) is 0. The van der Waals surface area contributed by atoms with Crippen LogP contribution in [0.2, 0.25) is 0 Å². The van der Waals surface area contributed by atoms with Gasteiger partial charge in [0.2, 0.25) is 0 Å². The lowest BCUT2D eigenvalue weighted by molar-refractivity contribution is -0.0857. The second kappa shape index (κ2) is 4.63. The molecular formula is C13H23NO2. The molecule has 92 valence electrons. The van der Waals surface area contributed by atoms with E-state index < -0.39 is 0 Å². The minimum Gasteiger partial charge on any atom is -0.391 e. The summed E-state index contributed by atoms with van der Waals surface area (Å²) in [7, 11) is 0. The van der Waals surface area contributed by atoms with E-state index in [-0.39, 0.29) is 12.1 Å². The van der Waals surface area contributed by atoms with Crippen LogP contribution < -0.4 is 0 Å². The van der Waals surface area contributed by atoms with Gasteiger partial charge in [-0.2, -0.15) is 0 Å². The van der Waals surface area contributed by atoms with Gasteiger partial charge in [-0.15, -0.1) is 0 Å². The van der Waals surface area contributed by atoms with Gasteiger partial charge in [-0.25, -0.2) is 0 Å². The van der Waals surface area contributed by atoms with Gasteiger partial charge in [0, 0.05) is 12.6 Å². The largest absolute Gasteiger partial charge is 0.391 e. The first-order valence-corrected chi connectivity index (χ1v) is 6.88. The van der Waals surface area contributed by atoms with Crippen LogP contribution in [0.4, 0.5) is 0 Å².